The summed E-state index contributed by atoms with van der Waals surface area (Å²) >= 11 is 0. The van der Waals surface area contributed by atoms with E-state index >= 15 is 0 Å². The minimum absolute atomic E-state index is 0.243. The molecule has 2 atom stereocenters. The van der Waals surface area contributed by atoms with Crippen LogP contribution in [0.4, 0.5) is 18.0 Å². The Hall–Kier alpha value is -2.49. The number of unbranched alkanes of at least 4 members (excludes halogenated alkanes) is 1. The number of nitrogens with one attached hydrogen (secondary N) is 1. The van der Waals surface area contributed by atoms with Gasteiger partial charge in [0.1, 0.15) is 5.75 Å². The van der Waals surface area contributed by atoms with Gasteiger partial charge in [0.05, 0.1) is 18.1 Å². The molecule has 1 aliphatic carbocycles. The van der Waals surface area contributed by atoms with Crippen LogP contribution in [0.1, 0.15) is 76.2 Å². The zero-order valence-electron chi connectivity index (χ0n) is 20.1. The predicted octanol–water partition coefficient (Wildman–Crippen LogP) is 4.88. The summed E-state index contributed by atoms with van der Waals surface area (Å²) in [4.78, 5) is 27.5. The Morgan fingerprint density at radius 3 is 2.66 bits per heavy atom. The molecule has 35 heavy (non-hydrogen) atoms. The molecule has 0 bridgehead atoms. The van der Waals surface area contributed by atoms with Gasteiger partial charge in [-0.2, -0.15) is 0 Å². The molecule has 2 amide bonds. The Kier molecular flexibility index (Phi) is 9.27. The second-order valence-corrected chi connectivity index (χ2v) is 9.47. The first kappa shape index (κ1) is 27.1. The van der Waals surface area contributed by atoms with Crippen molar-refractivity contribution in [1.29, 1.82) is 0 Å². The highest BCUT2D eigenvalue weighted by Crippen LogP contribution is 2.42. The van der Waals surface area contributed by atoms with E-state index in [4.69, 9.17) is 4.74 Å². The fraction of sp³-hybridized carbons (Fsp3) is 0.680. The maximum Gasteiger partial charge on any atom is 0.573 e. The summed E-state index contributed by atoms with van der Waals surface area (Å²) in [7, 11) is 0. The maximum absolute atomic E-state index is 13.8. The number of carbonyl (C=O) groups is 2. The molecule has 1 saturated carbocycles. The van der Waals surface area contributed by atoms with Crippen LogP contribution in [-0.4, -0.2) is 59.7 Å². The molecule has 7 nitrogen and oxygen atoms in total. The van der Waals surface area contributed by atoms with Gasteiger partial charge in [0.15, 0.2) is 0 Å². The third-order valence-corrected chi connectivity index (χ3v) is 6.71. The van der Waals surface area contributed by atoms with E-state index in [0.29, 0.717) is 38.8 Å². The quantitative estimate of drug-likeness (QED) is 0.497. The Balaban J connectivity index is 1.80. The van der Waals surface area contributed by atoms with E-state index in [1.807, 2.05) is 6.92 Å². The molecule has 2 fully saturated rings. The van der Waals surface area contributed by atoms with Crippen molar-refractivity contribution in [2.24, 2.45) is 0 Å². The lowest BCUT2D eigenvalue weighted by Crippen LogP contribution is -2.54. The highest BCUT2D eigenvalue weighted by atomic mass is 19.4. The molecule has 1 aliphatic heterocycles. The molecule has 3 rings (SSSR count). The Morgan fingerprint density at radius 1 is 1.23 bits per heavy atom. The van der Waals surface area contributed by atoms with E-state index in [1.165, 1.54) is 18.2 Å². The number of carbonyl (C=O) groups excluding carboxylic acids is 2. The van der Waals surface area contributed by atoms with E-state index in [2.05, 4.69) is 10.1 Å². The molecule has 1 heterocycles. The molecule has 2 aliphatic rings. The third kappa shape index (κ3) is 7.75. The summed E-state index contributed by atoms with van der Waals surface area (Å²) in [6.07, 6.45) is 0.744. The summed E-state index contributed by atoms with van der Waals surface area (Å²) < 4.78 is 47.7. The number of aliphatic hydroxyl groups is 1. The maximum atomic E-state index is 13.8. The number of nitrogens with zero attached hydrogens (tertiary/aromatic N) is 1. The fourth-order valence-electron chi connectivity index (χ4n) is 5.02. The minimum Gasteiger partial charge on any atom is -0.450 e. The first-order valence-corrected chi connectivity index (χ1v) is 12.4. The Labute approximate surface area is 204 Å². The smallest absolute Gasteiger partial charge is 0.450 e. The van der Waals surface area contributed by atoms with Gasteiger partial charge in [-0.25, -0.2) is 4.79 Å². The second kappa shape index (κ2) is 12.0. The van der Waals surface area contributed by atoms with Crippen molar-refractivity contribution in [3.05, 3.63) is 29.8 Å². The number of likely N-dealkylation sites (tertiary alicyclic amines) is 1. The normalized spacial score (nSPS) is 21.2. The molecule has 0 aromatic heterocycles. The lowest BCUT2D eigenvalue weighted by Gasteiger charge is -2.42. The standard InChI is InChI=1S/C25H35F3N2O5/c1-2-3-15-34-23(32)29-19-10-8-14-30(17-19)22(31)21(24(33)12-5-4-6-13-24)18-9-7-11-20(16-18)35-25(26,27)28/h7,9,11,16,19,21,33H,2-6,8,10,12-15,17H2,1H3,(H,29,32)/t19-,21?/m0/s1. The van der Waals surface area contributed by atoms with Crippen molar-refractivity contribution in [3.8, 4) is 5.75 Å². The lowest BCUT2D eigenvalue weighted by atomic mass is 9.72. The van der Waals surface area contributed by atoms with Crippen LogP contribution in [0.5, 0.6) is 5.75 Å². The first-order chi connectivity index (χ1) is 16.6. The predicted molar refractivity (Wildman–Crippen MR) is 123 cm³/mol. The van der Waals surface area contributed by atoms with Crippen LogP contribution in [0.2, 0.25) is 0 Å². The van der Waals surface area contributed by atoms with E-state index in [0.717, 1.165) is 32.1 Å². The Bertz CT molecular complexity index is 858. The number of rotatable bonds is 8. The van der Waals surface area contributed by atoms with Gasteiger partial charge >= 0.3 is 12.5 Å². The number of hydrogen-bond acceptors (Lipinski definition) is 5. The molecular weight excluding hydrogens is 465 g/mol. The number of piperidine rings is 1. The van der Waals surface area contributed by atoms with Crippen LogP contribution in [0.15, 0.2) is 24.3 Å². The molecule has 2 N–H and O–H groups in total. The molecule has 1 aromatic rings. The average Bonchev–Trinajstić information content (AvgIpc) is 2.79. The van der Waals surface area contributed by atoms with Gasteiger partial charge in [-0.1, -0.05) is 44.7 Å². The number of alkyl halides is 3. The van der Waals surface area contributed by atoms with E-state index in [1.54, 1.807) is 11.0 Å². The first-order valence-electron chi connectivity index (χ1n) is 12.4. The van der Waals surface area contributed by atoms with Crippen molar-refractivity contribution in [2.75, 3.05) is 19.7 Å². The molecule has 196 valence electrons. The monoisotopic (exact) mass is 500 g/mol. The molecule has 0 radical (unpaired) electrons. The molecule has 1 unspecified atom stereocenters. The molecule has 0 spiro atoms. The van der Waals surface area contributed by atoms with Gasteiger partial charge in [0.2, 0.25) is 5.91 Å². The van der Waals surface area contributed by atoms with Crippen LogP contribution < -0.4 is 10.1 Å². The average molecular weight is 501 g/mol. The van der Waals surface area contributed by atoms with Crippen molar-refractivity contribution in [3.63, 3.8) is 0 Å². The number of hydrogen-bond donors (Lipinski definition) is 2. The van der Waals surface area contributed by atoms with Crippen molar-refractivity contribution in [1.82, 2.24) is 10.2 Å². The topological polar surface area (TPSA) is 88.1 Å². The lowest BCUT2D eigenvalue weighted by molar-refractivity contribution is -0.274. The summed E-state index contributed by atoms with van der Waals surface area (Å²) in [5.41, 5.74) is -1.08. The summed E-state index contributed by atoms with van der Waals surface area (Å²) in [6, 6.07) is 5.02. The van der Waals surface area contributed by atoms with Crippen LogP contribution in [0.25, 0.3) is 0 Å². The van der Waals surface area contributed by atoms with Gasteiger partial charge in [0, 0.05) is 19.1 Å². The van der Waals surface area contributed by atoms with E-state index < -0.39 is 29.7 Å². The number of alkyl carbamates (subject to hydrolysis) is 1. The van der Waals surface area contributed by atoms with Crippen molar-refractivity contribution in [2.45, 2.75) is 88.6 Å². The molecule has 10 heteroatoms. The van der Waals surface area contributed by atoms with Crippen molar-refractivity contribution < 1.29 is 37.3 Å². The third-order valence-electron chi connectivity index (χ3n) is 6.71. The fourth-order valence-corrected chi connectivity index (χ4v) is 5.02. The Morgan fingerprint density at radius 2 is 1.97 bits per heavy atom. The molecular formula is C25H35F3N2O5. The van der Waals surface area contributed by atoms with Crippen LogP contribution in [0.3, 0.4) is 0 Å². The largest absolute Gasteiger partial charge is 0.573 e. The number of amides is 2. The highest BCUT2D eigenvalue weighted by molar-refractivity contribution is 5.85. The number of benzene rings is 1. The van der Waals surface area contributed by atoms with Gasteiger partial charge in [-0.15, -0.1) is 13.2 Å². The second-order valence-electron chi connectivity index (χ2n) is 9.47. The van der Waals surface area contributed by atoms with Gasteiger partial charge < -0.3 is 24.8 Å². The van der Waals surface area contributed by atoms with Crippen LogP contribution >= 0.6 is 0 Å². The molecule has 1 aromatic carbocycles. The highest BCUT2D eigenvalue weighted by Gasteiger charge is 2.45. The van der Waals surface area contributed by atoms with Gasteiger partial charge in [-0.3, -0.25) is 4.79 Å². The summed E-state index contributed by atoms with van der Waals surface area (Å²) in [5.74, 6) is -1.82. The summed E-state index contributed by atoms with van der Waals surface area (Å²) in [6.45, 7) is 3.00. The summed E-state index contributed by atoms with van der Waals surface area (Å²) in [5, 5.41) is 14.3. The van der Waals surface area contributed by atoms with Crippen LogP contribution in [-0.2, 0) is 9.53 Å². The van der Waals surface area contributed by atoms with Crippen LogP contribution in [0, 0.1) is 0 Å². The SMILES string of the molecule is CCCCOC(=O)N[C@H]1CCCN(C(=O)C(c2cccc(OC(F)(F)F)c2)C2(O)CCCCC2)C1. The number of halogens is 3. The van der Waals surface area contributed by atoms with E-state index in [9.17, 15) is 27.9 Å². The minimum atomic E-state index is -4.86. The zero-order valence-corrected chi connectivity index (χ0v) is 20.1. The molecule has 1 saturated heterocycles. The van der Waals surface area contributed by atoms with Gasteiger partial charge in [0.25, 0.3) is 0 Å². The number of ether oxygens (including phenoxy) is 2. The van der Waals surface area contributed by atoms with Gasteiger partial charge in [-0.05, 0) is 49.8 Å². The van der Waals surface area contributed by atoms with E-state index in [-0.39, 0.29) is 24.1 Å². The van der Waals surface area contributed by atoms with Crippen molar-refractivity contribution >= 4 is 12.0 Å². The zero-order chi connectivity index (χ0) is 25.5.